The Balaban J connectivity index is 0. The van der Waals surface area contributed by atoms with Crippen LogP contribution in [-0.4, -0.2) is 42.4 Å². The van der Waals surface area contributed by atoms with E-state index in [1.54, 1.807) is 0 Å². The molecule has 0 unspecified atom stereocenters. The van der Waals surface area contributed by atoms with Crippen molar-refractivity contribution in [1.82, 2.24) is 0 Å². The van der Waals surface area contributed by atoms with E-state index in [9.17, 15) is 17.6 Å². The normalized spacial score (nSPS) is 9.43. The van der Waals surface area contributed by atoms with Crippen LogP contribution in [0.2, 0.25) is 0 Å². The predicted molar refractivity (Wildman–Crippen MR) is 19.2 cm³/mol. The summed E-state index contributed by atoms with van der Waals surface area (Å²) < 4.78 is 41.6. The van der Waals surface area contributed by atoms with Gasteiger partial charge in [-0.1, -0.05) is 0 Å². The first-order chi connectivity index (χ1) is 2.64. The van der Waals surface area contributed by atoms with E-state index >= 15 is 0 Å². The molecule has 0 rings (SSSR count). The van der Waals surface area contributed by atoms with Gasteiger partial charge in [0.1, 0.15) is 0 Å². The third-order valence-electron chi connectivity index (χ3n) is 0.190. The molecule has 0 aromatic carbocycles. The fourth-order valence-electron chi connectivity index (χ4n) is 0. The summed E-state index contributed by atoms with van der Waals surface area (Å²) in [5, 5.41) is 0. The molecular formula is C2H3F4Na. The molecule has 0 atom stereocenters. The van der Waals surface area contributed by atoms with Gasteiger partial charge in [0.2, 0.25) is 0 Å². The van der Waals surface area contributed by atoms with E-state index < -0.39 is 12.9 Å². The van der Waals surface area contributed by atoms with E-state index in [0.717, 1.165) is 0 Å². The quantitative estimate of drug-likeness (QED) is 0.361. The molecular weight excluding hydrogens is 123 g/mol. The number of hydrogen-bond acceptors (Lipinski definition) is 0. The van der Waals surface area contributed by atoms with Gasteiger partial charge in [-0.15, -0.1) is 0 Å². The molecule has 0 aliphatic carbocycles. The third-order valence-corrected chi connectivity index (χ3v) is 0.190. The molecule has 0 saturated heterocycles. The van der Waals surface area contributed by atoms with Crippen LogP contribution >= 0.6 is 0 Å². The van der Waals surface area contributed by atoms with Crippen molar-refractivity contribution >= 4 is 29.6 Å². The van der Waals surface area contributed by atoms with Gasteiger partial charge in [-0.2, -0.15) is 0 Å². The number of alkyl halides is 4. The van der Waals surface area contributed by atoms with Crippen LogP contribution in [0.15, 0.2) is 0 Å². The molecule has 7 heavy (non-hydrogen) atoms. The topological polar surface area (TPSA) is 0 Å². The molecule has 0 spiro atoms. The first-order valence-electron chi connectivity index (χ1n) is 1.21. The Kier molecular flexibility index (Phi) is 7.41. The molecule has 0 aliphatic rings. The molecule has 0 N–H and O–H groups in total. The Hall–Kier alpha value is 0.720. The second-order valence-corrected chi connectivity index (χ2v) is 0.669. The number of hydrogen-bond donors (Lipinski definition) is 0. The Labute approximate surface area is 60.2 Å². The van der Waals surface area contributed by atoms with Crippen LogP contribution in [0.3, 0.4) is 0 Å². The molecule has 0 amide bonds. The molecule has 5 heteroatoms. The van der Waals surface area contributed by atoms with Crippen LogP contribution in [0.4, 0.5) is 17.6 Å². The Morgan fingerprint density at radius 1 is 0.714 bits per heavy atom. The fraction of sp³-hybridized carbons (Fsp3) is 1.00. The van der Waals surface area contributed by atoms with Gasteiger partial charge in [0, 0.05) is 0 Å². The average molecular weight is 126 g/mol. The molecule has 40 valence electrons. The van der Waals surface area contributed by atoms with E-state index in [4.69, 9.17) is 0 Å². The van der Waals surface area contributed by atoms with Crippen molar-refractivity contribution in [3.63, 3.8) is 0 Å². The molecule has 0 nitrogen and oxygen atoms in total. The second-order valence-electron chi connectivity index (χ2n) is 0.669. The van der Waals surface area contributed by atoms with Crippen LogP contribution in [0.1, 0.15) is 0 Å². The zero-order valence-corrected chi connectivity index (χ0v) is 2.67. The Morgan fingerprint density at radius 3 is 0.857 bits per heavy atom. The fourth-order valence-corrected chi connectivity index (χ4v) is 0. The summed E-state index contributed by atoms with van der Waals surface area (Å²) in [6.07, 6.45) is -6.96. The second kappa shape index (κ2) is 4.87. The summed E-state index contributed by atoms with van der Waals surface area (Å²) >= 11 is 0. The van der Waals surface area contributed by atoms with Gasteiger partial charge in [-0.25, -0.2) is 17.6 Å². The van der Waals surface area contributed by atoms with E-state index in [1.165, 1.54) is 0 Å². The summed E-state index contributed by atoms with van der Waals surface area (Å²) in [6, 6.07) is 0. The Morgan fingerprint density at radius 2 is 0.857 bits per heavy atom. The molecule has 0 aromatic heterocycles. The number of rotatable bonds is 1. The van der Waals surface area contributed by atoms with E-state index in [2.05, 4.69) is 0 Å². The van der Waals surface area contributed by atoms with Gasteiger partial charge >= 0.3 is 29.6 Å². The summed E-state index contributed by atoms with van der Waals surface area (Å²) in [4.78, 5) is 0. The van der Waals surface area contributed by atoms with Crippen LogP contribution < -0.4 is 0 Å². The van der Waals surface area contributed by atoms with Crippen molar-refractivity contribution in [2.45, 2.75) is 12.9 Å². The van der Waals surface area contributed by atoms with Gasteiger partial charge < -0.3 is 0 Å². The van der Waals surface area contributed by atoms with Crippen molar-refractivity contribution < 1.29 is 17.6 Å². The van der Waals surface area contributed by atoms with Crippen molar-refractivity contribution in [3.8, 4) is 0 Å². The van der Waals surface area contributed by atoms with E-state index in [0.29, 0.717) is 0 Å². The maximum absolute atomic E-state index is 10.4. The van der Waals surface area contributed by atoms with Gasteiger partial charge in [0.05, 0.1) is 0 Å². The zero-order valence-electron chi connectivity index (χ0n) is 2.67. The summed E-state index contributed by atoms with van der Waals surface area (Å²) in [7, 11) is 0. The third kappa shape index (κ3) is 6.72. The molecule has 0 bridgehead atoms. The van der Waals surface area contributed by atoms with Crippen molar-refractivity contribution in [1.29, 1.82) is 0 Å². The predicted octanol–water partition coefficient (Wildman–Crippen LogP) is 0.868. The summed E-state index contributed by atoms with van der Waals surface area (Å²) in [5.41, 5.74) is 0. The van der Waals surface area contributed by atoms with Crippen LogP contribution in [0.5, 0.6) is 0 Å². The van der Waals surface area contributed by atoms with Gasteiger partial charge in [-0.3, -0.25) is 0 Å². The molecule has 0 aliphatic heterocycles. The van der Waals surface area contributed by atoms with Crippen molar-refractivity contribution in [3.05, 3.63) is 0 Å². The van der Waals surface area contributed by atoms with Crippen molar-refractivity contribution in [2.24, 2.45) is 0 Å². The minimum absolute atomic E-state index is 0. The SMILES string of the molecule is FC(F)C(F)F.[NaH]. The average Bonchev–Trinajstić information content (AvgIpc) is 1.36. The number of halogens is 4. The van der Waals surface area contributed by atoms with Crippen LogP contribution in [-0.2, 0) is 0 Å². The van der Waals surface area contributed by atoms with Crippen LogP contribution in [0, 0.1) is 0 Å². The molecule has 0 heterocycles. The molecule has 0 aromatic rings. The standard InChI is InChI=1S/C2H2F4.Na.H/c3-1(4)2(5)6;;/h1-2H;;. The van der Waals surface area contributed by atoms with Crippen molar-refractivity contribution in [2.75, 3.05) is 0 Å². The first-order valence-corrected chi connectivity index (χ1v) is 1.21. The summed E-state index contributed by atoms with van der Waals surface area (Å²) in [5.74, 6) is 0. The van der Waals surface area contributed by atoms with Crippen LogP contribution in [0.25, 0.3) is 0 Å². The molecule has 0 radical (unpaired) electrons. The minimum atomic E-state index is -3.48. The zero-order chi connectivity index (χ0) is 5.15. The van der Waals surface area contributed by atoms with E-state index in [1.807, 2.05) is 0 Å². The summed E-state index contributed by atoms with van der Waals surface area (Å²) in [6.45, 7) is 0. The first kappa shape index (κ1) is 10.7. The molecule has 0 saturated carbocycles. The Bertz CT molecular complexity index is 30.7. The monoisotopic (exact) mass is 126 g/mol. The van der Waals surface area contributed by atoms with Gasteiger partial charge in [0.15, 0.2) is 0 Å². The maximum atomic E-state index is 10.4. The molecule has 0 fully saturated rings. The van der Waals surface area contributed by atoms with Gasteiger partial charge in [0.25, 0.3) is 12.9 Å². The van der Waals surface area contributed by atoms with Gasteiger partial charge in [-0.05, 0) is 0 Å². The van der Waals surface area contributed by atoms with E-state index in [-0.39, 0.29) is 29.6 Å².